The van der Waals surface area contributed by atoms with Gasteiger partial charge in [-0.1, -0.05) is 54.0 Å². The van der Waals surface area contributed by atoms with Crippen LogP contribution < -0.4 is 10.9 Å². The van der Waals surface area contributed by atoms with Gasteiger partial charge in [-0.05, 0) is 16.6 Å². The Morgan fingerprint density at radius 2 is 1.38 bits per heavy atom. The van der Waals surface area contributed by atoms with Gasteiger partial charge in [-0.3, -0.25) is 0 Å². The first kappa shape index (κ1) is 11.0. The number of rotatable bonds is 2. The lowest BCUT2D eigenvalue weighted by atomic mass is 9.73. The van der Waals surface area contributed by atoms with Crippen molar-refractivity contribution in [3.8, 4) is 11.1 Å². The molecule has 0 atom stereocenters. The minimum absolute atomic E-state index is 0.539. The van der Waals surface area contributed by atoms with Gasteiger partial charge >= 0.3 is 7.12 Å². The third-order valence-electron chi connectivity index (χ3n) is 2.67. The van der Waals surface area contributed by atoms with Crippen molar-refractivity contribution >= 4 is 25.9 Å². The molecule has 2 nitrogen and oxygen atoms in total. The zero-order valence-corrected chi connectivity index (χ0v) is 9.09. The van der Waals surface area contributed by atoms with Gasteiger partial charge in [0, 0.05) is 0 Å². The van der Waals surface area contributed by atoms with Gasteiger partial charge in [-0.15, -0.1) is 0 Å². The van der Waals surface area contributed by atoms with Crippen molar-refractivity contribution in [2.45, 2.75) is 0 Å². The van der Waals surface area contributed by atoms with E-state index in [9.17, 15) is 10.0 Å². The van der Waals surface area contributed by atoms with E-state index < -0.39 is 7.12 Å². The molecular weight excluding hydrogens is 198 g/mol. The summed E-state index contributed by atoms with van der Waals surface area (Å²) in [6.45, 7) is 0. The van der Waals surface area contributed by atoms with E-state index in [1.165, 1.54) is 0 Å². The van der Waals surface area contributed by atoms with Crippen LogP contribution in [-0.4, -0.2) is 25.0 Å². The Balaban J connectivity index is 2.60. The molecule has 4 heteroatoms. The van der Waals surface area contributed by atoms with Crippen LogP contribution in [0.1, 0.15) is 0 Å². The van der Waals surface area contributed by atoms with E-state index in [4.69, 9.17) is 0 Å². The molecule has 0 saturated heterocycles. The summed E-state index contributed by atoms with van der Waals surface area (Å²) in [7, 11) is 0.575. The smallest absolute Gasteiger partial charge is 0.423 e. The fourth-order valence-corrected chi connectivity index (χ4v) is 1.84. The van der Waals surface area contributed by atoms with E-state index in [2.05, 4.69) is 0 Å². The highest BCUT2D eigenvalue weighted by Gasteiger charge is 2.16. The second-order valence-electron chi connectivity index (χ2n) is 3.78. The third kappa shape index (κ3) is 2.03. The zero-order valence-electron chi connectivity index (χ0n) is 9.09. The Hall–Kier alpha value is -1.51. The molecule has 0 aliphatic heterocycles. The molecule has 2 aromatic carbocycles. The maximum Gasteiger partial charge on any atom is 0.489 e. The van der Waals surface area contributed by atoms with Crippen molar-refractivity contribution in [3.05, 3.63) is 48.5 Å². The van der Waals surface area contributed by atoms with Crippen LogP contribution in [-0.2, 0) is 0 Å². The summed E-state index contributed by atoms with van der Waals surface area (Å²) >= 11 is 0. The average Bonchev–Trinajstić information content (AvgIpc) is 2.29. The second-order valence-corrected chi connectivity index (χ2v) is 3.78. The predicted octanol–water partition coefficient (Wildman–Crippen LogP) is -0.708. The van der Waals surface area contributed by atoms with Gasteiger partial charge in [0.2, 0.25) is 0 Å². The fourth-order valence-electron chi connectivity index (χ4n) is 1.84. The Morgan fingerprint density at radius 1 is 0.812 bits per heavy atom. The highest BCUT2D eigenvalue weighted by Crippen LogP contribution is 2.14. The molecule has 0 saturated carbocycles. The van der Waals surface area contributed by atoms with Gasteiger partial charge in [0.25, 0.3) is 0 Å². The molecule has 2 rings (SSSR count). The Bertz CT molecular complexity index is 498. The van der Waals surface area contributed by atoms with Crippen molar-refractivity contribution in [2.75, 3.05) is 0 Å². The van der Waals surface area contributed by atoms with E-state index in [1.54, 1.807) is 12.1 Å². The van der Waals surface area contributed by atoms with Gasteiger partial charge in [0.15, 0.2) is 0 Å². The Kier molecular flexibility index (Phi) is 3.13. The molecular formula is C12H12B2O2. The summed E-state index contributed by atoms with van der Waals surface area (Å²) in [5.74, 6) is 0. The quantitative estimate of drug-likeness (QED) is 0.642. The molecule has 78 valence electrons. The molecule has 16 heavy (non-hydrogen) atoms. The average molecular weight is 210 g/mol. The molecule has 2 N–H and O–H groups in total. The summed E-state index contributed by atoms with van der Waals surface area (Å²) in [6, 6.07) is 15.2. The minimum atomic E-state index is -1.43. The van der Waals surface area contributed by atoms with Gasteiger partial charge in [0.05, 0.1) is 0 Å². The van der Waals surface area contributed by atoms with Crippen LogP contribution in [0.4, 0.5) is 0 Å². The topological polar surface area (TPSA) is 40.5 Å². The maximum absolute atomic E-state index is 9.31. The van der Waals surface area contributed by atoms with Crippen LogP contribution in [0.15, 0.2) is 48.5 Å². The SMILES string of the molecule is Bc1ccccc1-c1ccccc1B(O)O. The van der Waals surface area contributed by atoms with Crippen LogP contribution in [0.25, 0.3) is 11.1 Å². The Morgan fingerprint density at radius 3 is 2.00 bits per heavy atom. The normalized spacial score (nSPS) is 10.1. The molecule has 0 bridgehead atoms. The summed E-state index contributed by atoms with van der Waals surface area (Å²) in [5.41, 5.74) is 3.56. The van der Waals surface area contributed by atoms with Crippen LogP contribution in [0.2, 0.25) is 0 Å². The van der Waals surface area contributed by atoms with Crippen molar-refractivity contribution in [3.63, 3.8) is 0 Å². The molecule has 2 aromatic rings. The van der Waals surface area contributed by atoms with Gasteiger partial charge in [-0.2, -0.15) is 0 Å². The molecule has 0 fully saturated rings. The summed E-state index contributed by atoms with van der Waals surface area (Å²) < 4.78 is 0. The van der Waals surface area contributed by atoms with E-state index in [1.807, 2.05) is 44.2 Å². The maximum atomic E-state index is 9.31. The Labute approximate surface area is 96.1 Å². The van der Waals surface area contributed by atoms with Gasteiger partial charge in [-0.25, -0.2) is 0 Å². The van der Waals surface area contributed by atoms with Crippen molar-refractivity contribution in [1.29, 1.82) is 0 Å². The number of hydrogen-bond acceptors (Lipinski definition) is 2. The molecule has 0 heterocycles. The van der Waals surface area contributed by atoms with E-state index >= 15 is 0 Å². The largest absolute Gasteiger partial charge is 0.489 e. The predicted molar refractivity (Wildman–Crippen MR) is 69.9 cm³/mol. The summed E-state index contributed by atoms with van der Waals surface area (Å²) in [6.07, 6.45) is 0. The van der Waals surface area contributed by atoms with E-state index in [0.29, 0.717) is 5.46 Å². The van der Waals surface area contributed by atoms with Crippen LogP contribution in [0, 0.1) is 0 Å². The molecule has 0 spiro atoms. The third-order valence-corrected chi connectivity index (χ3v) is 2.67. The highest BCUT2D eigenvalue weighted by molar-refractivity contribution is 6.60. The lowest BCUT2D eigenvalue weighted by Gasteiger charge is -2.11. The lowest BCUT2D eigenvalue weighted by Crippen LogP contribution is -2.32. The van der Waals surface area contributed by atoms with Crippen molar-refractivity contribution < 1.29 is 10.0 Å². The van der Waals surface area contributed by atoms with Crippen LogP contribution >= 0.6 is 0 Å². The second kappa shape index (κ2) is 4.56. The van der Waals surface area contributed by atoms with Crippen LogP contribution in [0.5, 0.6) is 0 Å². The molecule has 0 aliphatic carbocycles. The standard InChI is InChI=1S/C12H12B2O2/c13-11-7-3-1-5-9(11)10-6-2-4-8-12(10)14(15)16/h1-8,15-16H,13H2. The van der Waals surface area contributed by atoms with Crippen molar-refractivity contribution in [1.82, 2.24) is 0 Å². The lowest BCUT2D eigenvalue weighted by molar-refractivity contribution is 0.426. The zero-order chi connectivity index (χ0) is 11.5. The van der Waals surface area contributed by atoms with Crippen molar-refractivity contribution in [2.24, 2.45) is 0 Å². The molecule has 0 amide bonds. The number of benzene rings is 2. The molecule has 0 unspecified atom stereocenters. The number of hydrogen-bond donors (Lipinski definition) is 2. The van der Waals surface area contributed by atoms with Crippen LogP contribution in [0.3, 0.4) is 0 Å². The van der Waals surface area contributed by atoms with E-state index in [0.717, 1.165) is 16.6 Å². The molecule has 0 aromatic heterocycles. The highest BCUT2D eigenvalue weighted by atomic mass is 16.4. The first-order valence-electron chi connectivity index (χ1n) is 5.21. The fraction of sp³-hybridized carbons (Fsp3) is 0. The molecule has 0 radical (unpaired) electrons. The van der Waals surface area contributed by atoms with Gasteiger partial charge in [0.1, 0.15) is 7.85 Å². The first-order chi connectivity index (χ1) is 7.70. The molecule has 0 aliphatic rings. The monoisotopic (exact) mass is 210 g/mol. The van der Waals surface area contributed by atoms with E-state index in [-0.39, 0.29) is 0 Å². The summed E-state index contributed by atoms with van der Waals surface area (Å²) in [4.78, 5) is 0. The minimum Gasteiger partial charge on any atom is -0.423 e. The summed E-state index contributed by atoms with van der Waals surface area (Å²) in [5, 5.41) is 18.6. The van der Waals surface area contributed by atoms with Gasteiger partial charge < -0.3 is 10.0 Å². The first-order valence-corrected chi connectivity index (χ1v) is 5.21.